The first kappa shape index (κ1) is 16.4. The highest BCUT2D eigenvalue weighted by Crippen LogP contribution is 2.42. The average molecular weight is 323 g/mol. The Hall–Kier alpha value is -1.94. The summed E-state index contributed by atoms with van der Waals surface area (Å²) in [6, 6.07) is 7.05. The van der Waals surface area contributed by atoms with Crippen LogP contribution in [0.5, 0.6) is 17.2 Å². The van der Waals surface area contributed by atoms with Gasteiger partial charge in [0, 0.05) is 28.3 Å². The molecule has 2 aromatic rings. The SMILES string of the molecule is CCOc1cc(OC(=O)CC)c2cc(Cl)ccc2c1OCC. The van der Waals surface area contributed by atoms with Crippen LogP contribution in [0.1, 0.15) is 27.2 Å². The van der Waals surface area contributed by atoms with E-state index < -0.39 is 0 Å². The molecular weight excluding hydrogens is 304 g/mol. The molecule has 2 aromatic carbocycles. The Balaban J connectivity index is 2.68. The topological polar surface area (TPSA) is 44.8 Å². The van der Waals surface area contributed by atoms with Crippen LogP contribution in [-0.2, 0) is 4.79 Å². The van der Waals surface area contributed by atoms with Crippen LogP contribution in [0.3, 0.4) is 0 Å². The Bertz CT molecular complexity index is 682. The molecule has 0 amide bonds. The standard InChI is InChI=1S/C17H19ClO4/c1-4-16(19)22-14-10-15(20-5-2)17(21-6-3)12-8-7-11(18)9-13(12)14/h7-10H,4-6H2,1-3H3. The Morgan fingerprint density at radius 3 is 2.36 bits per heavy atom. The number of carbonyl (C=O) groups is 1. The largest absolute Gasteiger partial charge is 0.490 e. The molecule has 118 valence electrons. The van der Waals surface area contributed by atoms with E-state index in [9.17, 15) is 4.79 Å². The number of benzene rings is 2. The maximum atomic E-state index is 11.7. The fraction of sp³-hybridized carbons (Fsp3) is 0.353. The molecule has 4 nitrogen and oxygen atoms in total. The molecule has 0 aliphatic heterocycles. The number of hydrogen-bond donors (Lipinski definition) is 0. The van der Waals surface area contributed by atoms with Gasteiger partial charge in [-0.1, -0.05) is 18.5 Å². The van der Waals surface area contributed by atoms with Gasteiger partial charge < -0.3 is 14.2 Å². The molecule has 0 atom stereocenters. The second kappa shape index (κ2) is 7.36. The molecule has 0 saturated heterocycles. The van der Waals surface area contributed by atoms with Gasteiger partial charge in [0.15, 0.2) is 11.5 Å². The molecule has 0 radical (unpaired) electrons. The molecule has 5 heteroatoms. The first-order valence-corrected chi connectivity index (χ1v) is 7.71. The molecule has 2 rings (SSSR count). The predicted octanol–water partition coefficient (Wildman–Crippen LogP) is 4.61. The summed E-state index contributed by atoms with van der Waals surface area (Å²) < 4.78 is 16.8. The molecule has 0 aliphatic rings. The maximum Gasteiger partial charge on any atom is 0.310 e. The van der Waals surface area contributed by atoms with Crippen LogP contribution in [0.15, 0.2) is 24.3 Å². The second-order valence-corrected chi connectivity index (χ2v) is 5.02. The van der Waals surface area contributed by atoms with Crippen molar-refractivity contribution in [3.63, 3.8) is 0 Å². The summed E-state index contributed by atoms with van der Waals surface area (Å²) >= 11 is 6.08. The molecule has 0 N–H and O–H groups in total. The summed E-state index contributed by atoms with van der Waals surface area (Å²) in [6.07, 6.45) is 0.291. The monoisotopic (exact) mass is 322 g/mol. The van der Waals surface area contributed by atoms with E-state index in [1.165, 1.54) is 0 Å². The lowest BCUT2D eigenvalue weighted by atomic mass is 10.1. The van der Waals surface area contributed by atoms with Gasteiger partial charge in [0.25, 0.3) is 0 Å². The number of hydrogen-bond acceptors (Lipinski definition) is 4. The van der Waals surface area contributed by atoms with Gasteiger partial charge in [-0.15, -0.1) is 0 Å². The van der Waals surface area contributed by atoms with Gasteiger partial charge in [-0.3, -0.25) is 4.79 Å². The van der Waals surface area contributed by atoms with Crippen molar-refractivity contribution in [2.45, 2.75) is 27.2 Å². The summed E-state index contributed by atoms with van der Waals surface area (Å²) in [4.78, 5) is 11.7. The van der Waals surface area contributed by atoms with Crippen molar-refractivity contribution in [3.8, 4) is 17.2 Å². The Morgan fingerprint density at radius 1 is 1.00 bits per heavy atom. The lowest BCUT2D eigenvalue weighted by Gasteiger charge is -2.16. The van der Waals surface area contributed by atoms with E-state index in [1.54, 1.807) is 25.1 Å². The second-order valence-electron chi connectivity index (χ2n) is 4.59. The van der Waals surface area contributed by atoms with Crippen molar-refractivity contribution in [2.75, 3.05) is 13.2 Å². The zero-order chi connectivity index (χ0) is 16.1. The van der Waals surface area contributed by atoms with Gasteiger partial charge in [-0.25, -0.2) is 0 Å². The van der Waals surface area contributed by atoms with E-state index in [4.69, 9.17) is 25.8 Å². The summed E-state index contributed by atoms with van der Waals surface area (Å²) in [5, 5.41) is 2.09. The minimum absolute atomic E-state index is 0.291. The lowest BCUT2D eigenvalue weighted by Crippen LogP contribution is -2.07. The zero-order valence-electron chi connectivity index (χ0n) is 12.9. The first-order chi connectivity index (χ1) is 10.6. The van der Waals surface area contributed by atoms with Crippen molar-refractivity contribution < 1.29 is 19.0 Å². The van der Waals surface area contributed by atoms with E-state index in [0.717, 1.165) is 10.8 Å². The van der Waals surface area contributed by atoms with Gasteiger partial charge in [0.2, 0.25) is 0 Å². The molecule has 0 fully saturated rings. The minimum atomic E-state index is -0.312. The third-order valence-corrected chi connectivity index (χ3v) is 3.31. The van der Waals surface area contributed by atoms with Crippen LogP contribution in [0.2, 0.25) is 5.02 Å². The smallest absolute Gasteiger partial charge is 0.310 e. The number of carbonyl (C=O) groups excluding carboxylic acids is 1. The molecule has 0 bridgehead atoms. The van der Waals surface area contributed by atoms with Crippen molar-refractivity contribution in [2.24, 2.45) is 0 Å². The number of halogens is 1. The molecular formula is C17H19ClO4. The number of ether oxygens (including phenoxy) is 3. The number of fused-ring (bicyclic) bond motifs is 1. The number of esters is 1. The molecule has 0 aliphatic carbocycles. The molecule has 0 spiro atoms. The van der Waals surface area contributed by atoms with E-state index in [1.807, 2.05) is 19.9 Å². The van der Waals surface area contributed by atoms with Gasteiger partial charge >= 0.3 is 5.97 Å². The van der Waals surface area contributed by atoms with Crippen LogP contribution in [0.25, 0.3) is 10.8 Å². The molecule has 0 unspecified atom stereocenters. The molecule has 0 aromatic heterocycles. The summed E-state index contributed by atoms with van der Waals surface area (Å²) in [7, 11) is 0. The highest BCUT2D eigenvalue weighted by atomic mass is 35.5. The normalized spacial score (nSPS) is 10.5. The van der Waals surface area contributed by atoms with Crippen molar-refractivity contribution in [1.82, 2.24) is 0 Å². The van der Waals surface area contributed by atoms with E-state index in [-0.39, 0.29) is 5.97 Å². The van der Waals surface area contributed by atoms with Gasteiger partial charge in [0.1, 0.15) is 5.75 Å². The quantitative estimate of drug-likeness (QED) is 0.575. The van der Waals surface area contributed by atoms with Crippen LogP contribution in [0.4, 0.5) is 0 Å². The minimum Gasteiger partial charge on any atom is -0.490 e. The third kappa shape index (κ3) is 3.45. The Labute approximate surface area is 134 Å². The summed E-state index contributed by atoms with van der Waals surface area (Å²) in [5.74, 6) is 1.30. The van der Waals surface area contributed by atoms with Gasteiger partial charge in [-0.05, 0) is 32.0 Å². The molecule has 0 heterocycles. The lowest BCUT2D eigenvalue weighted by molar-refractivity contribution is -0.133. The molecule has 0 saturated carbocycles. The van der Waals surface area contributed by atoms with Crippen LogP contribution >= 0.6 is 11.6 Å². The van der Waals surface area contributed by atoms with E-state index >= 15 is 0 Å². The third-order valence-electron chi connectivity index (χ3n) is 3.08. The Morgan fingerprint density at radius 2 is 1.73 bits per heavy atom. The fourth-order valence-electron chi connectivity index (χ4n) is 2.15. The highest BCUT2D eigenvalue weighted by molar-refractivity contribution is 6.31. The van der Waals surface area contributed by atoms with Gasteiger partial charge in [0.05, 0.1) is 13.2 Å². The average Bonchev–Trinajstić information content (AvgIpc) is 2.51. The first-order valence-electron chi connectivity index (χ1n) is 7.33. The predicted molar refractivity (Wildman–Crippen MR) is 87.2 cm³/mol. The number of rotatable bonds is 6. The van der Waals surface area contributed by atoms with E-state index in [2.05, 4.69) is 0 Å². The zero-order valence-corrected chi connectivity index (χ0v) is 13.7. The van der Waals surface area contributed by atoms with Crippen LogP contribution in [-0.4, -0.2) is 19.2 Å². The van der Waals surface area contributed by atoms with E-state index in [0.29, 0.717) is 41.9 Å². The summed E-state index contributed by atoms with van der Waals surface area (Å²) in [6.45, 7) is 6.53. The van der Waals surface area contributed by atoms with Crippen molar-refractivity contribution in [3.05, 3.63) is 29.3 Å². The van der Waals surface area contributed by atoms with Crippen LogP contribution in [0, 0.1) is 0 Å². The maximum absolute atomic E-state index is 11.7. The van der Waals surface area contributed by atoms with Crippen LogP contribution < -0.4 is 14.2 Å². The molecule has 22 heavy (non-hydrogen) atoms. The van der Waals surface area contributed by atoms with Crippen molar-refractivity contribution in [1.29, 1.82) is 0 Å². The van der Waals surface area contributed by atoms with Gasteiger partial charge in [-0.2, -0.15) is 0 Å². The fourth-order valence-corrected chi connectivity index (χ4v) is 2.32. The Kier molecular flexibility index (Phi) is 5.50. The van der Waals surface area contributed by atoms with Crippen molar-refractivity contribution >= 4 is 28.3 Å². The highest BCUT2D eigenvalue weighted by Gasteiger charge is 2.17. The summed E-state index contributed by atoms with van der Waals surface area (Å²) in [5.41, 5.74) is 0.